The Morgan fingerprint density at radius 3 is 2.14 bits per heavy atom. The molecular weight excluding hydrogens is 490 g/mol. The molecular formula is C25H25F6N2O3+. The number of hydrogen-bond acceptors (Lipinski definition) is 4. The van der Waals surface area contributed by atoms with Crippen molar-refractivity contribution in [3.8, 4) is 0 Å². The zero-order chi connectivity index (χ0) is 26.2. The molecule has 2 aromatic rings. The number of ether oxygens (including phenoxy) is 2. The first-order valence-electron chi connectivity index (χ1n) is 11.3. The summed E-state index contributed by atoms with van der Waals surface area (Å²) in [4.78, 5) is 11.8. The predicted octanol–water partition coefficient (Wildman–Crippen LogP) is 5.76. The van der Waals surface area contributed by atoms with Gasteiger partial charge < -0.3 is 20.1 Å². The van der Waals surface area contributed by atoms with Gasteiger partial charge in [0.05, 0.1) is 42.3 Å². The highest BCUT2D eigenvalue weighted by molar-refractivity contribution is 5.69. The monoisotopic (exact) mass is 515 g/mol. The second-order valence-corrected chi connectivity index (χ2v) is 9.23. The first-order chi connectivity index (χ1) is 16.8. The molecule has 2 aromatic carbocycles. The minimum atomic E-state index is -4.96. The van der Waals surface area contributed by atoms with E-state index in [0.29, 0.717) is 37.9 Å². The van der Waals surface area contributed by atoms with Crippen molar-refractivity contribution < 1.29 is 40.6 Å². The third-order valence-electron chi connectivity index (χ3n) is 6.82. The molecule has 0 aromatic heterocycles. The summed E-state index contributed by atoms with van der Waals surface area (Å²) in [5, 5.41) is 6.29. The van der Waals surface area contributed by atoms with Gasteiger partial charge in [-0.25, -0.2) is 4.79 Å². The van der Waals surface area contributed by atoms with Crippen molar-refractivity contribution in [1.82, 2.24) is 10.6 Å². The fourth-order valence-electron chi connectivity index (χ4n) is 4.66. The fourth-order valence-corrected chi connectivity index (χ4v) is 4.66. The molecule has 0 saturated carbocycles. The lowest BCUT2D eigenvalue weighted by molar-refractivity contribution is -0.143. The van der Waals surface area contributed by atoms with E-state index in [-0.39, 0.29) is 24.8 Å². The molecule has 2 fully saturated rings. The largest absolute Gasteiger partial charge is 0.449 e. The molecule has 2 aliphatic heterocycles. The van der Waals surface area contributed by atoms with Crippen molar-refractivity contribution in [2.24, 2.45) is 0 Å². The standard InChI is InChI=1S/C25H24F6N2O3/c1-16(17-11-19(24(26,27)28)13-20(12-17)25(29,30)31)36-15-23(18-5-3-2-4-6-18)8-7-22(14-32-23)9-10-35-21(34)33-22/h2-6,11-13,16,32H,1,7-10,14-15H2/p+1/t16-,22-,23-/m1/s1. The van der Waals surface area contributed by atoms with E-state index in [9.17, 15) is 31.1 Å². The van der Waals surface area contributed by atoms with Crippen molar-refractivity contribution in [3.05, 3.63) is 77.7 Å². The Hall–Kier alpha value is -2.92. The second-order valence-electron chi connectivity index (χ2n) is 9.23. The van der Waals surface area contributed by atoms with Gasteiger partial charge in [-0.1, -0.05) is 30.3 Å². The molecule has 4 rings (SSSR count). The first-order valence-corrected chi connectivity index (χ1v) is 11.3. The summed E-state index contributed by atoms with van der Waals surface area (Å²) >= 11 is 0. The smallest absolute Gasteiger partial charge is 0.416 e. The number of benzene rings is 2. The number of carbonyl (C=O) groups excluding carboxylic acids is 1. The molecule has 0 unspecified atom stereocenters. The number of rotatable bonds is 5. The Bertz CT molecular complexity index is 1050. The van der Waals surface area contributed by atoms with Crippen LogP contribution in [0.15, 0.2) is 48.5 Å². The Kier molecular flexibility index (Phi) is 6.91. The average Bonchev–Trinajstić information content (AvgIpc) is 2.83. The summed E-state index contributed by atoms with van der Waals surface area (Å²) in [6, 6.07) is 10.5. The van der Waals surface area contributed by atoms with E-state index in [2.05, 4.69) is 17.6 Å². The van der Waals surface area contributed by atoms with Crippen LogP contribution in [0.1, 0.15) is 47.6 Å². The minimum absolute atomic E-state index is 0.0662. The van der Waals surface area contributed by atoms with Gasteiger partial charge in [0.15, 0.2) is 0 Å². The number of alkyl carbamates (subject to hydrolysis) is 1. The number of amides is 1. The van der Waals surface area contributed by atoms with Crippen molar-refractivity contribution in [2.45, 2.75) is 48.8 Å². The van der Waals surface area contributed by atoms with Crippen molar-refractivity contribution in [1.29, 1.82) is 0 Å². The zero-order valence-electron chi connectivity index (χ0n) is 19.1. The molecule has 1 amide bonds. The summed E-state index contributed by atoms with van der Waals surface area (Å²) in [6.45, 7) is 4.29. The normalized spacial score (nSPS) is 25.8. The van der Waals surface area contributed by atoms with Gasteiger partial charge in [-0.3, -0.25) is 0 Å². The molecule has 2 N–H and O–H groups in total. The summed E-state index contributed by atoms with van der Waals surface area (Å²) in [5.41, 5.74) is -3.64. The van der Waals surface area contributed by atoms with Crippen LogP contribution < -0.4 is 10.6 Å². The van der Waals surface area contributed by atoms with E-state index in [0.717, 1.165) is 5.56 Å². The van der Waals surface area contributed by atoms with Gasteiger partial charge in [-0.05, 0) is 36.6 Å². The Labute approximate surface area is 204 Å². The van der Waals surface area contributed by atoms with Crippen LogP contribution in [-0.4, -0.2) is 31.4 Å². The Morgan fingerprint density at radius 1 is 0.972 bits per heavy atom. The van der Waals surface area contributed by atoms with E-state index in [1.54, 1.807) is 0 Å². The highest BCUT2D eigenvalue weighted by Crippen LogP contribution is 2.40. The quantitative estimate of drug-likeness (QED) is 0.393. The van der Waals surface area contributed by atoms with Gasteiger partial charge in [-0.2, -0.15) is 26.3 Å². The van der Waals surface area contributed by atoms with Gasteiger partial charge in [0, 0.05) is 18.5 Å². The minimum Gasteiger partial charge on any atom is -0.449 e. The van der Waals surface area contributed by atoms with Crippen molar-refractivity contribution in [3.63, 3.8) is 0 Å². The van der Waals surface area contributed by atoms with E-state index in [1.807, 2.05) is 30.3 Å². The maximum Gasteiger partial charge on any atom is 0.416 e. The number of halogens is 6. The maximum absolute atomic E-state index is 13.3. The van der Waals surface area contributed by atoms with Crippen LogP contribution in [0.25, 0.3) is 0 Å². The molecule has 194 valence electrons. The topological polar surface area (TPSA) is 59.6 Å². The average molecular weight is 515 g/mol. The Morgan fingerprint density at radius 2 is 1.61 bits per heavy atom. The van der Waals surface area contributed by atoms with Gasteiger partial charge in [-0.15, -0.1) is 0 Å². The maximum atomic E-state index is 13.3. The van der Waals surface area contributed by atoms with Crippen LogP contribution in [0.4, 0.5) is 31.1 Å². The van der Waals surface area contributed by atoms with Gasteiger partial charge >= 0.3 is 18.4 Å². The molecule has 0 radical (unpaired) electrons. The van der Waals surface area contributed by atoms with Crippen LogP contribution in [0.5, 0.6) is 0 Å². The van der Waals surface area contributed by atoms with Crippen LogP contribution in [0, 0.1) is 6.92 Å². The molecule has 1 spiro atoms. The molecule has 5 nitrogen and oxygen atoms in total. The molecule has 11 heteroatoms. The lowest BCUT2D eigenvalue weighted by Gasteiger charge is -2.49. The van der Waals surface area contributed by atoms with Gasteiger partial charge in [0.2, 0.25) is 6.10 Å². The van der Waals surface area contributed by atoms with Gasteiger partial charge in [0.25, 0.3) is 0 Å². The highest BCUT2D eigenvalue weighted by atomic mass is 19.4. The van der Waals surface area contributed by atoms with E-state index >= 15 is 0 Å². The second kappa shape index (κ2) is 9.51. The number of nitrogens with one attached hydrogen (secondary N) is 2. The summed E-state index contributed by atoms with van der Waals surface area (Å²) < 4.78 is 90.5. The van der Waals surface area contributed by atoms with Crippen LogP contribution in [0.2, 0.25) is 0 Å². The number of cyclic esters (lactones) is 1. The molecule has 2 aliphatic rings. The van der Waals surface area contributed by atoms with Crippen LogP contribution in [0.3, 0.4) is 0 Å². The number of piperidine rings is 1. The summed E-state index contributed by atoms with van der Waals surface area (Å²) in [5.74, 6) is 0. The van der Waals surface area contributed by atoms with E-state index < -0.39 is 46.8 Å². The molecule has 2 heterocycles. The highest BCUT2D eigenvalue weighted by Gasteiger charge is 2.46. The van der Waals surface area contributed by atoms with E-state index in [4.69, 9.17) is 9.47 Å². The SMILES string of the molecule is [CH2+][C@@H](OC[C@@]1(c2ccccc2)CC[C@@]2(CCOC(=O)N2)CN1)c1cc(C(F)(F)F)cc(C(F)(F)F)c1. The van der Waals surface area contributed by atoms with Crippen LogP contribution in [-0.2, 0) is 27.4 Å². The third-order valence-corrected chi connectivity index (χ3v) is 6.82. The van der Waals surface area contributed by atoms with Crippen molar-refractivity contribution >= 4 is 6.09 Å². The van der Waals surface area contributed by atoms with Crippen LogP contribution >= 0.6 is 0 Å². The summed E-state index contributed by atoms with van der Waals surface area (Å²) in [6.07, 6.45) is -10.1. The number of alkyl halides is 6. The summed E-state index contributed by atoms with van der Waals surface area (Å²) in [7, 11) is 0. The third kappa shape index (κ3) is 5.57. The first kappa shape index (κ1) is 26.2. The van der Waals surface area contributed by atoms with Gasteiger partial charge in [0.1, 0.15) is 0 Å². The predicted molar refractivity (Wildman–Crippen MR) is 118 cm³/mol. The van der Waals surface area contributed by atoms with Crippen molar-refractivity contribution in [2.75, 3.05) is 19.8 Å². The molecule has 2 saturated heterocycles. The Balaban J connectivity index is 1.57. The lowest BCUT2D eigenvalue weighted by atomic mass is 9.75. The lowest BCUT2D eigenvalue weighted by Crippen LogP contribution is -2.66. The molecule has 0 aliphatic carbocycles. The fraction of sp³-hybridized carbons (Fsp3) is 0.440. The van der Waals surface area contributed by atoms with E-state index in [1.165, 1.54) is 0 Å². The molecule has 36 heavy (non-hydrogen) atoms. The molecule has 0 bridgehead atoms. The number of hydrogen-bond donors (Lipinski definition) is 2. The molecule has 3 atom stereocenters. The number of carbonyl (C=O) groups is 1. The zero-order valence-corrected chi connectivity index (χ0v) is 19.1.